The molecule has 2 N–H and O–H groups in total. The van der Waals surface area contributed by atoms with Crippen LogP contribution in [0.25, 0.3) is 11.1 Å². The fourth-order valence-electron chi connectivity index (χ4n) is 2.18. The van der Waals surface area contributed by atoms with Gasteiger partial charge in [-0.2, -0.15) is 0 Å². The van der Waals surface area contributed by atoms with Crippen LogP contribution in [0.1, 0.15) is 35.7 Å². The van der Waals surface area contributed by atoms with Crippen LogP contribution in [0.4, 0.5) is 0 Å². The van der Waals surface area contributed by atoms with Gasteiger partial charge in [-0.05, 0) is 30.0 Å². The van der Waals surface area contributed by atoms with Crippen LogP contribution in [-0.4, -0.2) is 16.2 Å². The van der Waals surface area contributed by atoms with E-state index < -0.39 is 5.97 Å². The molecule has 0 amide bonds. The SMILES string of the molecule is CCCCc1ccc(-c2cccc(C(=O)O)c2O)cc1. The van der Waals surface area contributed by atoms with Gasteiger partial charge in [0.25, 0.3) is 0 Å². The third kappa shape index (κ3) is 2.99. The number of hydrogen-bond acceptors (Lipinski definition) is 2. The molecule has 0 heterocycles. The number of para-hydroxylation sites is 1. The molecule has 104 valence electrons. The Morgan fingerprint density at radius 3 is 2.40 bits per heavy atom. The summed E-state index contributed by atoms with van der Waals surface area (Å²) in [7, 11) is 0. The summed E-state index contributed by atoms with van der Waals surface area (Å²) in [6.07, 6.45) is 3.35. The summed E-state index contributed by atoms with van der Waals surface area (Å²) in [4.78, 5) is 11.0. The highest BCUT2D eigenvalue weighted by Gasteiger charge is 2.13. The topological polar surface area (TPSA) is 57.5 Å². The lowest BCUT2D eigenvalue weighted by molar-refractivity contribution is 0.0694. The highest BCUT2D eigenvalue weighted by atomic mass is 16.4. The zero-order valence-electron chi connectivity index (χ0n) is 11.5. The zero-order chi connectivity index (χ0) is 14.5. The van der Waals surface area contributed by atoms with Crippen LogP contribution in [-0.2, 0) is 6.42 Å². The number of carbonyl (C=O) groups is 1. The van der Waals surface area contributed by atoms with Crippen molar-refractivity contribution in [2.75, 3.05) is 0 Å². The van der Waals surface area contributed by atoms with E-state index in [1.165, 1.54) is 11.6 Å². The Morgan fingerprint density at radius 1 is 1.10 bits per heavy atom. The van der Waals surface area contributed by atoms with E-state index in [9.17, 15) is 9.90 Å². The van der Waals surface area contributed by atoms with E-state index in [0.29, 0.717) is 5.56 Å². The van der Waals surface area contributed by atoms with Gasteiger partial charge in [-0.3, -0.25) is 0 Å². The minimum atomic E-state index is -1.12. The summed E-state index contributed by atoms with van der Waals surface area (Å²) in [6, 6.07) is 12.7. The van der Waals surface area contributed by atoms with E-state index in [-0.39, 0.29) is 11.3 Å². The Balaban J connectivity index is 2.32. The lowest BCUT2D eigenvalue weighted by Gasteiger charge is -2.08. The summed E-state index contributed by atoms with van der Waals surface area (Å²) in [5.74, 6) is -1.30. The van der Waals surface area contributed by atoms with E-state index in [1.54, 1.807) is 12.1 Å². The van der Waals surface area contributed by atoms with Crippen molar-refractivity contribution < 1.29 is 15.0 Å². The second-order valence-corrected chi connectivity index (χ2v) is 4.81. The molecule has 0 spiro atoms. The first-order valence-corrected chi connectivity index (χ1v) is 6.78. The Hall–Kier alpha value is -2.29. The number of carboxylic acid groups (broad SMARTS) is 1. The van der Waals surface area contributed by atoms with Crippen LogP contribution >= 0.6 is 0 Å². The first-order valence-electron chi connectivity index (χ1n) is 6.78. The largest absolute Gasteiger partial charge is 0.506 e. The predicted octanol–water partition coefficient (Wildman–Crippen LogP) is 4.10. The summed E-state index contributed by atoms with van der Waals surface area (Å²) in [5.41, 5.74) is 2.56. The van der Waals surface area contributed by atoms with Gasteiger partial charge in [0, 0.05) is 5.56 Å². The predicted molar refractivity (Wildman–Crippen MR) is 79.1 cm³/mol. The van der Waals surface area contributed by atoms with E-state index in [1.807, 2.05) is 24.3 Å². The van der Waals surface area contributed by atoms with Crippen molar-refractivity contribution in [2.24, 2.45) is 0 Å². The third-order valence-corrected chi connectivity index (χ3v) is 3.35. The Labute approximate surface area is 118 Å². The van der Waals surface area contributed by atoms with Crippen molar-refractivity contribution in [3.8, 4) is 16.9 Å². The minimum Gasteiger partial charge on any atom is -0.506 e. The molecule has 0 aliphatic heterocycles. The number of benzene rings is 2. The zero-order valence-corrected chi connectivity index (χ0v) is 11.5. The van der Waals surface area contributed by atoms with Crippen molar-refractivity contribution in [2.45, 2.75) is 26.2 Å². The van der Waals surface area contributed by atoms with Crippen molar-refractivity contribution >= 4 is 5.97 Å². The average Bonchev–Trinajstić information content (AvgIpc) is 2.46. The molecule has 3 heteroatoms. The van der Waals surface area contributed by atoms with Gasteiger partial charge in [0.1, 0.15) is 11.3 Å². The van der Waals surface area contributed by atoms with Gasteiger partial charge < -0.3 is 10.2 Å². The standard InChI is InChI=1S/C17H18O3/c1-2-3-5-12-8-10-13(11-9-12)14-6-4-7-15(16(14)18)17(19)20/h4,6-11,18H,2-3,5H2,1H3,(H,19,20). The number of carboxylic acids is 1. The van der Waals surface area contributed by atoms with E-state index >= 15 is 0 Å². The molecule has 0 saturated heterocycles. The number of phenols is 1. The van der Waals surface area contributed by atoms with E-state index in [2.05, 4.69) is 6.92 Å². The molecule has 0 aliphatic rings. The number of aryl methyl sites for hydroxylation is 1. The quantitative estimate of drug-likeness (QED) is 0.860. The number of rotatable bonds is 5. The smallest absolute Gasteiger partial charge is 0.339 e. The monoisotopic (exact) mass is 270 g/mol. The lowest BCUT2D eigenvalue weighted by Crippen LogP contribution is -1.97. The molecule has 20 heavy (non-hydrogen) atoms. The third-order valence-electron chi connectivity index (χ3n) is 3.35. The molecular weight excluding hydrogens is 252 g/mol. The number of aromatic hydroxyl groups is 1. The molecule has 0 fully saturated rings. The van der Waals surface area contributed by atoms with Crippen LogP contribution < -0.4 is 0 Å². The molecule has 0 aliphatic carbocycles. The molecular formula is C17H18O3. The summed E-state index contributed by atoms with van der Waals surface area (Å²) < 4.78 is 0. The molecule has 0 atom stereocenters. The maximum absolute atomic E-state index is 11.0. The van der Waals surface area contributed by atoms with Crippen molar-refractivity contribution in [3.05, 3.63) is 53.6 Å². The second-order valence-electron chi connectivity index (χ2n) is 4.81. The van der Waals surface area contributed by atoms with Crippen LogP contribution in [0, 0.1) is 0 Å². The molecule has 3 nitrogen and oxygen atoms in total. The Bertz CT molecular complexity index is 600. The van der Waals surface area contributed by atoms with Crippen LogP contribution in [0.15, 0.2) is 42.5 Å². The first kappa shape index (κ1) is 14.1. The molecule has 2 rings (SSSR count). The molecule has 0 saturated carbocycles. The Morgan fingerprint density at radius 2 is 1.80 bits per heavy atom. The molecule has 0 unspecified atom stereocenters. The lowest BCUT2D eigenvalue weighted by atomic mass is 9.99. The highest BCUT2D eigenvalue weighted by Crippen LogP contribution is 2.32. The number of aromatic carboxylic acids is 1. The van der Waals surface area contributed by atoms with E-state index in [4.69, 9.17) is 5.11 Å². The van der Waals surface area contributed by atoms with Crippen molar-refractivity contribution in [1.29, 1.82) is 0 Å². The molecule has 2 aromatic rings. The van der Waals surface area contributed by atoms with Crippen molar-refractivity contribution in [1.82, 2.24) is 0 Å². The maximum Gasteiger partial charge on any atom is 0.339 e. The molecule has 2 aromatic carbocycles. The van der Waals surface area contributed by atoms with Gasteiger partial charge in [0.2, 0.25) is 0 Å². The fraction of sp³-hybridized carbons (Fsp3) is 0.235. The summed E-state index contributed by atoms with van der Waals surface area (Å²) in [5, 5.41) is 19.1. The maximum atomic E-state index is 11.0. The van der Waals surface area contributed by atoms with Gasteiger partial charge in [-0.1, -0.05) is 49.7 Å². The van der Waals surface area contributed by atoms with Gasteiger partial charge in [-0.25, -0.2) is 4.79 Å². The number of hydrogen-bond donors (Lipinski definition) is 2. The highest BCUT2D eigenvalue weighted by molar-refractivity contribution is 5.94. The average molecular weight is 270 g/mol. The molecule has 0 aromatic heterocycles. The summed E-state index contributed by atoms with van der Waals surface area (Å²) in [6.45, 7) is 2.16. The van der Waals surface area contributed by atoms with Crippen LogP contribution in [0.2, 0.25) is 0 Å². The van der Waals surface area contributed by atoms with Gasteiger partial charge in [0.05, 0.1) is 0 Å². The number of unbranched alkanes of at least 4 members (excludes halogenated alkanes) is 1. The second kappa shape index (κ2) is 6.24. The van der Waals surface area contributed by atoms with Gasteiger partial charge in [0.15, 0.2) is 0 Å². The molecule has 0 bridgehead atoms. The Kier molecular flexibility index (Phi) is 4.41. The van der Waals surface area contributed by atoms with E-state index in [0.717, 1.165) is 24.8 Å². The normalized spacial score (nSPS) is 10.4. The molecule has 0 radical (unpaired) electrons. The van der Waals surface area contributed by atoms with Gasteiger partial charge >= 0.3 is 5.97 Å². The minimum absolute atomic E-state index is 0.0717. The summed E-state index contributed by atoms with van der Waals surface area (Å²) >= 11 is 0. The van der Waals surface area contributed by atoms with Crippen LogP contribution in [0.5, 0.6) is 5.75 Å². The van der Waals surface area contributed by atoms with Crippen molar-refractivity contribution in [3.63, 3.8) is 0 Å². The van der Waals surface area contributed by atoms with Gasteiger partial charge in [-0.15, -0.1) is 0 Å². The van der Waals surface area contributed by atoms with Crippen LogP contribution in [0.3, 0.4) is 0 Å². The fourth-order valence-corrected chi connectivity index (χ4v) is 2.18. The first-order chi connectivity index (χ1) is 9.63.